The first-order valence-corrected chi connectivity index (χ1v) is 12.5. The van der Waals surface area contributed by atoms with E-state index in [0.29, 0.717) is 24.7 Å². The van der Waals surface area contributed by atoms with Crippen LogP contribution in [0.5, 0.6) is 0 Å². The van der Waals surface area contributed by atoms with Crippen LogP contribution in [0, 0.1) is 0 Å². The lowest BCUT2D eigenvalue weighted by atomic mass is 9.92. The molecule has 2 saturated heterocycles. The van der Waals surface area contributed by atoms with Gasteiger partial charge in [-0.25, -0.2) is 8.78 Å². The third-order valence-corrected chi connectivity index (χ3v) is 7.24. The summed E-state index contributed by atoms with van der Waals surface area (Å²) in [7, 11) is 0. The molecule has 2 heterocycles. The van der Waals surface area contributed by atoms with Crippen molar-refractivity contribution < 1.29 is 23.5 Å². The number of alkyl halides is 2. The SMILES string of the molecule is CC(O)(C(=O)N1CCC(N2CC(Nc3ccc(C(=O)NCC(F)F)c(Cl)c3)C2)CC1)c1ccccc1. The Hall–Kier alpha value is -2.75. The quantitative estimate of drug-likeness (QED) is 0.497. The van der Waals surface area contributed by atoms with Gasteiger partial charge in [0.1, 0.15) is 0 Å². The molecule has 0 radical (unpaired) electrons. The van der Waals surface area contributed by atoms with Crippen LogP contribution in [-0.4, -0.2) is 78.0 Å². The van der Waals surface area contributed by atoms with E-state index in [2.05, 4.69) is 15.5 Å². The number of hydrogen-bond acceptors (Lipinski definition) is 5. The van der Waals surface area contributed by atoms with Gasteiger partial charge in [0, 0.05) is 37.9 Å². The Morgan fingerprint density at radius 2 is 1.81 bits per heavy atom. The van der Waals surface area contributed by atoms with E-state index >= 15 is 0 Å². The summed E-state index contributed by atoms with van der Waals surface area (Å²) in [5, 5.41) is 16.6. The zero-order valence-corrected chi connectivity index (χ0v) is 20.8. The lowest BCUT2D eigenvalue weighted by Crippen LogP contribution is -2.61. The second kappa shape index (κ2) is 11.1. The fraction of sp³-hybridized carbons (Fsp3) is 0.462. The van der Waals surface area contributed by atoms with Crippen molar-refractivity contribution in [3.05, 3.63) is 64.7 Å². The van der Waals surface area contributed by atoms with E-state index < -0.39 is 24.5 Å². The molecule has 2 aliphatic rings. The molecule has 0 aromatic heterocycles. The molecule has 1 atom stereocenters. The standard InChI is InChI=1S/C26H31ClF2N4O3/c1-26(36,17-5-3-2-4-6-17)25(35)32-11-9-20(10-12-32)33-15-19(16-33)31-18-7-8-21(22(27)13-18)24(34)30-14-23(28)29/h2-8,13,19-20,23,31,36H,9-12,14-16H2,1H3,(H,30,34). The normalized spacial score (nSPS) is 19.0. The van der Waals surface area contributed by atoms with Crippen LogP contribution in [0.1, 0.15) is 35.7 Å². The highest BCUT2D eigenvalue weighted by atomic mass is 35.5. The fourth-order valence-corrected chi connectivity index (χ4v) is 5.09. The molecule has 1 unspecified atom stereocenters. The van der Waals surface area contributed by atoms with Gasteiger partial charge in [-0.3, -0.25) is 14.5 Å². The summed E-state index contributed by atoms with van der Waals surface area (Å²) >= 11 is 6.20. The first-order chi connectivity index (χ1) is 17.1. The number of halogens is 3. The highest BCUT2D eigenvalue weighted by molar-refractivity contribution is 6.34. The Labute approximate surface area is 214 Å². The van der Waals surface area contributed by atoms with Crippen LogP contribution in [0.25, 0.3) is 0 Å². The number of carbonyl (C=O) groups is 2. The molecular formula is C26H31ClF2N4O3. The molecule has 0 saturated carbocycles. The third-order valence-electron chi connectivity index (χ3n) is 6.93. The number of piperidine rings is 1. The van der Waals surface area contributed by atoms with E-state index in [1.807, 2.05) is 18.2 Å². The Morgan fingerprint density at radius 3 is 2.42 bits per heavy atom. The van der Waals surface area contributed by atoms with Crippen LogP contribution in [0.3, 0.4) is 0 Å². The molecule has 0 spiro atoms. The minimum Gasteiger partial charge on any atom is -0.380 e. The van der Waals surface area contributed by atoms with Crippen molar-refractivity contribution in [3.63, 3.8) is 0 Å². The summed E-state index contributed by atoms with van der Waals surface area (Å²) in [6.07, 6.45) is -0.929. The molecule has 2 fully saturated rings. The molecule has 4 rings (SSSR count). The number of carbonyl (C=O) groups excluding carboxylic acids is 2. The van der Waals surface area contributed by atoms with E-state index in [0.717, 1.165) is 31.6 Å². The largest absolute Gasteiger partial charge is 0.380 e. The second-order valence-corrected chi connectivity index (χ2v) is 9.96. The van der Waals surface area contributed by atoms with Gasteiger partial charge in [0.25, 0.3) is 18.2 Å². The summed E-state index contributed by atoms with van der Waals surface area (Å²) in [6.45, 7) is 3.73. The molecule has 7 nitrogen and oxygen atoms in total. The van der Waals surface area contributed by atoms with Crippen LogP contribution >= 0.6 is 11.6 Å². The van der Waals surface area contributed by atoms with Gasteiger partial charge in [0.2, 0.25) is 0 Å². The number of nitrogens with one attached hydrogen (secondary N) is 2. The van der Waals surface area contributed by atoms with Gasteiger partial charge in [-0.2, -0.15) is 0 Å². The van der Waals surface area contributed by atoms with E-state index in [1.54, 1.807) is 36.1 Å². The Bertz CT molecular complexity index is 1070. The predicted molar refractivity (Wildman–Crippen MR) is 134 cm³/mol. The van der Waals surface area contributed by atoms with Gasteiger partial charge in [0.05, 0.1) is 23.2 Å². The molecule has 2 amide bonds. The average Bonchev–Trinajstić information content (AvgIpc) is 2.84. The van der Waals surface area contributed by atoms with Crippen molar-refractivity contribution in [1.29, 1.82) is 0 Å². The number of likely N-dealkylation sites (tertiary alicyclic amines) is 2. The minimum atomic E-state index is -2.62. The van der Waals surface area contributed by atoms with Gasteiger partial charge in [-0.1, -0.05) is 41.9 Å². The number of aliphatic hydroxyl groups is 1. The number of amides is 2. The monoisotopic (exact) mass is 520 g/mol. The van der Waals surface area contributed by atoms with E-state index in [9.17, 15) is 23.5 Å². The lowest BCUT2D eigenvalue weighted by molar-refractivity contribution is -0.152. The van der Waals surface area contributed by atoms with E-state index in [1.165, 1.54) is 6.07 Å². The van der Waals surface area contributed by atoms with Crippen molar-refractivity contribution in [2.75, 3.05) is 38.0 Å². The number of hydrogen-bond donors (Lipinski definition) is 3. The number of anilines is 1. The van der Waals surface area contributed by atoms with Gasteiger partial charge in [-0.15, -0.1) is 0 Å². The summed E-state index contributed by atoms with van der Waals surface area (Å²) < 4.78 is 24.6. The van der Waals surface area contributed by atoms with Crippen LogP contribution in [-0.2, 0) is 10.4 Å². The third kappa shape index (κ3) is 5.96. The molecular weight excluding hydrogens is 490 g/mol. The topological polar surface area (TPSA) is 84.9 Å². The maximum absolute atomic E-state index is 13.0. The number of benzene rings is 2. The fourth-order valence-electron chi connectivity index (χ4n) is 4.82. The zero-order valence-electron chi connectivity index (χ0n) is 20.1. The molecule has 2 aromatic rings. The maximum Gasteiger partial charge on any atom is 0.258 e. The number of nitrogens with zero attached hydrogens (tertiary/aromatic N) is 2. The van der Waals surface area contributed by atoms with Crippen molar-refractivity contribution >= 4 is 29.1 Å². The van der Waals surface area contributed by atoms with E-state index in [-0.39, 0.29) is 22.5 Å². The lowest BCUT2D eigenvalue weighted by Gasteiger charge is -2.48. The summed E-state index contributed by atoms with van der Waals surface area (Å²) in [5.74, 6) is -0.893. The van der Waals surface area contributed by atoms with Gasteiger partial charge < -0.3 is 20.6 Å². The van der Waals surface area contributed by atoms with Crippen molar-refractivity contribution in [2.45, 2.75) is 43.9 Å². The first-order valence-electron chi connectivity index (χ1n) is 12.1. The summed E-state index contributed by atoms with van der Waals surface area (Å²) in [6, 6.07) is 14.5. The van der Waals surface area contributed by atoms with Crippen LogP contribution < -0.4 is 10.6 Å². The average molecular weight is 521 g/mol. The molecule has 10 heteroatoms. The number of rotatable bonds is 8. The first kappa shape index (κ1) is 26.3. The molecule has 3 N–H and O–H groups in total. The maximum atomic E-state index is 13.0. The Morgan fingerprint density at radius 1 is 1.14 bits per heavy atom. The molecule has 0 bridgehead atoms. The van der Waals surface area contributed by atoms with Gasteiger partial charge in [0.15, 0.2) is 5.60 Å². The van der Waals surface area contributed by atoms with Crippen molar-refractivity contribution in [3.8, 4) is 0 Å². The summed E-state index contributed by atoms with van der Waals surface area (Å²) in [4.78, 5) is 29.1. The molecule has 36 heavy (non-hydrogen) atoms. The van der Waals surface area contributed by atoms with Crippen molar-refractivity contribution in [2.24, 2.45) is 0 Å². The van der Waals surface area contributed by atoms with E-state index in [4.69, 9.17) is 11.6 Å². The summed E-state index contributed by atoms with van der Waals surface area (Å²) in [5.41, 5.74) is -0.0275. The Kier molecular flexibility index (Phi) is 8.12. The molecule has 194 valence electrons. The highest BCUT2D eigenvalue weighted by Crippen LogP contribution is 2.29. The molecule has 0 aliphatic carbocycles. The zero-order chi connectivity index (χ0) is 25.9. The predicted octanol–water partition coefficient (Wildman–Crippen LogP) is 3.33. The van der Waals surface area contributed by atoms with Gasteiger partial charge in [-0.05, 0) is 43.5 Å². The Balaban J connectivity index is 1.23. The highest BCUT2D eigenvalue weighted by Gasteiger charge is 2.40. The van der Waals surface area contributed by atoms with Crippen LogP contribution in [0.4, 0.5) is 14.5 Å². The van der Waals surface area contributed by atoms with Crippen LogP contribution in [0.2, 0.25) is 5.02 Å². The van der Waals surface area contributed by atoms with Crippen LogP contribution in [0.15, 0.2) is 48.5 Å². The molecule has 2 aliphatic heterocycles. The smallest absolute Gasteiger partial charge is 0.258 e. The molecule has 2 aromatic carbocycles. The minimum absolute atomic E-state index is 0.158. The second-order valence-electron chi connectivity index (χ2n) is 9.55. The van der Waals surface area contributed by atoms with Crippen molar-refractivity contribution in [1.82, 2.24) is 15.1 Å². The van der Waals surface area contributed by atoms with Gasteiger partial charge >= 0.3 is 0 Å².